The SMILES string of the molecule is CN1CCN(C(=O)C2CCC(C(=O)Nc3cc4cc(Br)cc(F)c4cn3)CC2)CC1. The lowest BCUT2D eigenvalue weighted by Gasteiger charge is -2.36. The number of nitrogens with one attached hydrogen (secondary N) is 1. The second-order valence-corrected chi connectivity index (χ2v) is 9.26. The predicted octanol–water partition coefficient (Wildman–Crippen LogP) is 3.66. The Hall–Kier alpha value is -2.06. The van der Waals surface area contributed by atoms with Crippen LogP contribution in [0.1, 0.15) is 25.7 Å². The van der Waals surface area contributed by atoms with Gasteiger partial charge in [0.05, 0.1) is 0 Å². The summed E-state index contributed by atoms with van der Waals surface area (Å²) >= 11 is 3.29. The molecule has 1 saturated carbocycles. The highest BCUT2D eigenvalue weighted by Gasteiger charge is 2.33. The van der Waals surface area contributed by atoms with Gasteiger partial charge in [-0.3, -0.25) is 9.59 Å². The number of anilines is 1. The Bertz CT molecular complexity index is 954. The van der Waals surface area contributed by atoms with Gasteiger partial charge in [-0.25, -0.2) is 9.37 Å². The van der Waals surface area contributed by atoms with Crippen molar-refractivity contribution in [2.45, 2.75) is 25.7 Å². The Balaban J connectivity index is 1.33. The van der Waals surface area contributed by atoms with Gasteiger partial charge in [-0.15, -0.1) is 0 Å². The maximum atomic E-state index is 14.0. The smallest absolute Gasteiger partial charge is 0.228 e. The van der Waals surface area contributed by atoms with Crippen LogP contribution in [0, 0.1) is 17.7 Å². The van der Waals surface area contributed by atoms with Gasteiger partial charge in [-0.1, -0.05) is 15.9 Å². The predicted molar refractivity (Wildman–Crippen MR) is 118 cm³/mol. The number of hydrogen-bond donors (Lipinski definition) is 1. The number of carbonyl (C=O) groups is 2. The van der Waals surface area contributed by atoms with Gasteiger partial charge in [-0.05, 0) is 56.3 Å². The standard InChI is InChI=1S/C22H26BrFN4O2/c1-27-6-8-28(9-7-27)22(30)15-4-2-14(3-5-15)21(29)26-20-11-16-10-17(23)12-19(24)18(16)13-25-20/h10-15H,2-9H2,1H3,(H,25,26,29). The van der Waals surface area contributed by atoms with Crippen LogP contribution in [-0.2, 0) is 9.59 Å². The van der Waals surface area contributed by atoms with Crippen LogP contribution in [-0.4, -0.2) is 59.8 Å². The highest BCUT2D eigenvalue weighted by Crippen LogP contribution is 2.31. The molecule has 1 aliphatic carbocycles. The quantitative estimate of drug-likeness (QED) is 0.733. The third kappa shape index (κ3) is 4.64. The Morgan fingerprint density at radius 1 is 1.07 bits per heavy atom. The fourth-order valence-corrected chi connectivity index (χ4v) is 4.81. The molecule has 1 aromatic carbocycles. The van der Waals surface area contributed by atoms with E-state index in [1.165, 1.54) is 12.3 Å². The molecule has 0 radical (unpaired) electrons. The zero-order valence-electron chi connectivity index (χ0n) is 17.0. The summed E-state index contributed by atoms with van der Waals surface area (Å²) in [7, 11) is 2.07. The lowest BCUT2D eigenvalue weighted by molar-refractivity contribution is -0.139. The number of halogens is 2. The molecule has 1 N–H and O–H groups in total. The van der Waals surface area contributed by atoms with Crippen LogP contribution in [0.4, 0.5) is 10.2 Å². The number of aromatic nitrogens is 1. The van der Waals surface area contributed by atoms with Crippen LogP contribution in [0.25, 0.3) is 10.8 Å². The van der Waals surface area contributed by atoms with Crippen molar-refractivity contribution in [3.8, 4) is 0 Å². The fourth-order valence-electron chi connectivity index (χ4n) is 4.36. The van der Waals surface area contributed by atoms with Crippen LogP contribution in [0.15, 0.2) is 28.9 Å². The van der Waals surface area contributed by atoms with Crippen LogP contribution in [0.2, 0.25) is 0 Å². The van der Waals surface area contributed by atoms with E-state index >= 15 is 0 Å². The van der Waals surface area contributed by atoms with Gasteiger partial charge >= 0.3 is 0 Å². The first-order chi connectivity index (χ1) is 14.4. The molecule has 4 rings (SSSR count). The average molecular weight is 477 g/mol. The number of carbonyl (C=O) groups excluding carboxylic acids is 2. The van der Waals surface area contributed by atoms with Crippen LogP contribution in [0.5, 0.6) is 0 Å². The molecule has 2 aliphatic rings. The molecule has 2 fully saturated rings. The van der Waals surface area contributed by atoms with Crippen molar-refractivity contribution >= 4 is 44.3 Å². The van der Waals surface area contributed by atoms with E-state index < -0.39 is 0 Å². The van der Waals surface area contributed by atoms with Gasteiger partial charge in [0.2, 0.25) is 11.8 Å². The number of amides is 2. The van der Waals surface area contributed by atoms with E-state index in [1.807, 2.05) is 4.90 Å². The lowest BCUT2D eigenvalue weighted by Crippen LogP contribution is -2.49. The number of rotatable bonds is 3. The zero-order valence-corrected chi connectivity index (χ0v) is 18.6. The van der Waals surface area contributed by atoms with E-state index in [0.29, 0.717) is 33.9 Å². The van der Waals surface area contributed by atoms with Crippen LogP contribution < -0.4 is 5.32 Å². The molecule has 2 aromatic rings. The van der Waals surface area contributed by atoms with Gasteiger partial charge in [-0.2, -0.15) is 0 Å². The summed E-state index contributed by atoms with van der Waals surface area (Å²) in [4.78, 5) is 33.9. The topological polar surface area (TPSA) is 65.5 Å². The van der Waals surface area contributed by atoms with E-state index in [-0.39, 0.29) is 29.5 Å². The van der Waals surface area contributed by atoms with Crippen molar-refractivity contribution in [3.63, 3.8) is 0 Å². The summed E-state index contributed by atoms with van der Waals surface area (Å²) < 4.78 is 14.6. The van der Waals surface area contributed by atoms with E-state index in [0.717, 1.165) is 39.0 Å². The zero-order chi connectivity index (χ0) is 21.3. The molecule has 2 heterocycles. The normalized spacial score (nSPS) is 22.8. The Labute approximate surface area is 183 Å². The van der Waals surface area contributed by atoms with Gasteiger partial charge in [0.1, 0.15) is 11.6 Å². The first kappa shape index (κ1) is 21.2. The molecule has 0 unspecified atom stereocenters. The third-order valence-corrected chi connectivity index (χ3v) is 6.72. The number of pyridine rings is 1. The fraction of sp³-hybridized carbons (Fsp3) is 0.500. The molecule has 1 aromatic heterocycles. The molecule has 1 aliphatic heterocycles. The van der Waals surface area contributed by atoms with Crippen molar-refractivity contribution in [2.24, 2.45) is 11.8 Å². The maximum absolute atomic E-state index is 14.0. The molecule has 8 heteroatoms. The van der Waals surface area contributed by atoms with Crippen molar-refractivity contribution < 1.29 is 14.0 Å². The number of nitrogens with zero attached hydrogens (tertiary/aromatic N) is 3. The summed E-state index contributed by atoms with van der Waals surface area (Å²) in [6.45, 7) is 3.42. The summed E-state index contributed by atoms with van der Waals surface area (Å²) in [5, 5.41) is 3.96. The molecular weight excluding hydrogens is 451 g/mol. The highest BCUT2D eigenvalue weighted by atomic mass is 79.9. The molecule has 1 saturated heterocycles. The van der Waals surface area contributed by atoms with Gasteiger partial charge < -0.3 is 15.1 Å². The number of hydrogen-bond acceptors (Lipinski definition) is 4. The van der Waals surface area contributed by atoms with E-state index in [1.54, 1.807) is 12.1 Å². The minimum atomic E-state index is -0.354. The highest BCUT2D eigenvalue weighted by molar-refractivity contribution is 9.10. The van der Waals surface area contributed by atoms with Gasteiger partial charge in [0.15, 0.2) is 0 Å². The third-order valence-electron chi connectivity index (χ3n) is 6.26. The van der Waals surface area contributed by atoms with Crippen molar-refractivity contribution in [1.82, 2.24) is 14.8 Å². The molecule has 30 heavy (non-hydrogen) atoms. The van der Waals surface area contributed by atoms with Gasteiger partial charge in [0.25, 0.3) is 0 Å². The monoisotopic (exact) mass is 476 g/mol. The van der Waals surface area contributed by atoms with Crippen molar-refractivity contribution in [1.29, 1.82) is 0 Å². The maximum Gasteiger partial charge on any atom is 0.228 e. The average Bonchev–Trinajstić information content (AvgIpc) is 2.73. The second-order valence-electron chi connectivity index (χ2n) is 8.34. The molecule has 0 atom stereocenters. The number of piperazine rings is 1. The number of likely N-dealkylation sites (N-methyl/N-ethyl adjacent to an activating group) is 1. The molecule has 6 nitrogen and oxygen atoms in total. The minimum absolute atomic E-state index is 0.0246. The van der Waals surface area contributed by atoms with E-state index in [9.17, 15) is 14.0 Å². The van der Waals surface area contributed by atoms with E-state index in [4.69, 9.17) is 0 Å². The Kier molecular flexibility index (Phi) is 6.34. The molecule has 2 amide bonds. The lowest BCUT2D eigenvalue weighted by atomic mass is 9.81. The minimum Gasteiger partial charge on any atom is -0.340 e. The second kappa shape index (κ2) is 8.98. The molecule has 160 valence electrons. The van der Waals surface area contributed by atoms with E-state index in [2.05, 4.69) is 38.2 Å². The van der Waals surface area contributed by atoms with Crippen LogP contribution >= 0.6 is 15.9 Å². The molecular formula is C22H26BrFN4O2. The number of fused-ring (bicyclic) bond motifs is 1. The van der Waals surface area contributed by atoms with Crippen LogP contribution in [0.3, 0.4) is 0 Å². The first-order valence-corrected chi connectivity index (χ1v) is 11.2. The number of benzene rings is 1. The summed E-state index contributed by atoms with van der Waals surface area (Å²) in [5.74, 6) is 0.122. The Morgan fingerprint density at radius 3 is 2.43 bits per heavy atom. The summed E-state index contributed by atoms with van der Waals surface area (Å²) in [6, 6.07) is 4.87. The van der Waals surface area contributed by atoms with Gasteiger partial charge in [0, 0.05) is 54.1 Å². The molecule has 0 bridgehead atoms. The largest absolute Gasteiger partial charge is 0.340 e. The molecule has 0 spiro atoms. The van der Waals surface area contributed by atoms with Crippen molar-refractivity contribution in [3.05, 3.63) is 34.7 Å². The summed E-state index contributed by atoms with van der Waals surface area (Å²) in [6.07, 6.45) is 4.32. The Morgan fingerprint density at radius 2 is 1.73 bits per heavy atom. The first-order valence-electron chi connectivity index (χ1n) is 10.4. The summed E-state index contributed by atoms with van der Waals surface area (Å²) in [5.41, 5.74) is 0. The van der Waals surface area contributed by atoms with Crippen molar-refractivity contribution in [2.75, 3.05) is 38.5 Å².